The van der Waals surface area contributed by atoms with Crippen LogP contribution in [0, 0.1) is 0 Å². The maximum atomic E-state index is 12.1. The fraction of sp³-hybridized carbons (Fsp3) is 0. The van der Waals surface area contributed by atoms with Crippen LogP contribution in [0.25, 0.3) is 32.8 Å². The Bertz CT molecular complexity index is 954. The third-order valence-corrected chi connectivity index (χ3v) is 4.01. The first-order valence-electron chi connectivity index (χ1n) is 6.16. The number of fused-ring (bicyclic) bond motifs is 2. The second-order valence-corrected chi connectivity index (χ2v) is 5.39. The zero-order valence-corrected chi connectivity index (χ0v) is 11.1. The van der Waals surface area contributed by atoms with Crippen LogP contribution in [0.15, 0.2) is 53.3 Å². The first kappa shape index (κ1) is 11.3. The summed E-state index contributed by atoms with van der Waals surface area (Å²) in [5, 5.41) is 1.27. The lowest BCUT2D eigenvalue weighted by Crippen LogP contribution is -1.98. The predicted molar refractivity (Wildman–Crippen MR) is 81.0 cm³/mol. The molecule has 4 aromatic rings. The normalized spacial score (nSPS) is 11.2. The van der Waals surface area contributed by atoms with Gasteiger partial charge in [-0.15, -0.1) is 0 Å². The van der Waals surface area contributed by atoms with Crippen LogP contribution in [-0.4, -0.2) is 15.0 Å². The van der Waals surface area contributed by atoms with Gasteiger partial charge in [0.05, 0.1) is 21.9 Å². The summed E-state index contributed by atoms with van der Waals surface area (Å²) in [4.78, 5) is 24.3. The molecule has 0 fully saturated rings. The van der Waals surface area contributed by atoms with E-state index in [-0.39, 0.29) is 4.74 Å². The highest BCUT2D eigenvalue weighted by Crippen LogP contribution is 2.22. The molecule has 2 aromatic heterocycles. The van der Waals surface area contributed by atoms with Crippen molar-refractivity contribution in [1.29, 1.82) is 0 Å². The van der Waals surface area contributed by atoms with E-state index in [0.717, 1.165) is 22.4 Å². The number of hydrogen-bond acceptors (Lipinski definition) is 4. The first-order chi connectivity index (χ1) is 9.81. The highest BCUT2D eigenvalue weighted by molar-refractivity contribution is 7.12. The minimum absolute atomic E-state index is 0.00561. The lowest BCUT2D eigenvalue weighted by Gasteiger charge is -1.97. The summed E-state index contributed by atoms with van der Waals surface area (Å²) < 4.78 is 0.00561. The third-order valence-electron chi connectivity index (χ3n) is 3.13. The molecular weight excluding hydrogens is 270 g/mol. The molecule has 0 aliphatic heterocycles. The Kier molecular flexibility index (Phi) is 2.40. The van der Waals surface area contributed by atoms with Crippen LogP contribution in [-0.2, 0) is 0 Å². The van der Waals surface area contributed by atoms with E-state index in [9.17, 15) is 4.79 Å². The molecule has 5 heteroatoms. The molecular formula is C15H9N3OS. The van der Waals surface area contributed by atoms with E-state index in [4.69, 9.17) is 0 Å². The Hall–Kier alpha value is -2.53. The smallest absolute Gasteiger partial charge is 0.243 e. The maximum Gasteiger partial charge on any atom is 0.243 e. The summed E-state index contributed by atoms with van der Waals surface area (Å²) >= 11 is 1.11. The number of para-hydroxylation sites is 3. The fourth-order valence-corrected chi connectivity index (χ4v) is 2.97. The number of rotatable bonds is 1. The van der Waals surface area contributed by atoms with E-state index < -0.39 is 0 Å². The van der Waals surface area contributed by atoms with Gasteiger partial charge in [0.25, 0.3) is 0 Å². The number of nitrogens with one attached hydrogen (secondary N) is 1. The largest absolute Gasteiger partial charge is 0.336 e. The second kappa shape index (κ2) is 4.25. The molecule has 0 bridgehead atoms. The molecule has 96 valence electrons. The molecule has 2 aromatic carbocycles. The van der Waals surface area contributed by atoms with Crippen molar-refractivity contribution < 1.29 is 0 Å². The molecule has 0 radical (unpaired) electrons. The van der Waals surface area contributed by atoms with Crippen LogP contribution in [0.2, 0.25) is 0 Å². The molecule has 0 aliphatic rings. The maximum absolute atomic E-state index is 12.1. The average Bonchev–Trinajstić information content (AvgIpc) is 2.91. The van der Waals surface area contributed by atoms with Crippen molar-refractivity contribution in [3.05, 3.63) is 58.1 Å². The minimum atomic E-state index is 0.00561. The summed E-state index contributed by atoms with van der Waals surface area (Å²) in [5.74, 6) is 0.638. The number of benzene rings is 2. The van der Waals surface area contributed by atoms with Gasteiger partial charge in [0.15, 0.2) is 10.8 Å². The topological polar surface area (TPSA) is 58.6 Å². The molecule has 2 heterocycles. The summed E-state index contributed by atoms with van der Waals surface area (Å²) in [6, 6.07) is 15.1. The highest BCUT2D eigenvalue weighted by Gasteiger charge is 2.10. The van der Waals surface area contributed by atoms with E-state index in [1.807, 2.05) is 42.5 Å². The van der Waals surface area contributed by atoms with E-state index in [1.54, 1.807) is 6.07 Å². The van der Waals surface area contributed by atoms with Crippen molar-refractivity contribution in [2.45, 2.75) is 0 Å². The van der Waals surface area contributed by atoms with Gasteiger partial charge in [-0.1, -0.05) is 35.6 Å². The molecule has 0 saturated carbocycles. The van der Waals surface area contributed by atoms with Gasteiger partial charge in [-0.05, 0) is 24.3 Å². The van der Waals surface area contributed by atoms with Gasteiger partial charge in [-0.3, -0.25) is 4.79 Å². The number of H-pyrrole nitrogens is 1. The monoisotopic (exact) mass is 279 g/mol. The summed E-state index contributed by atoms with van der Waals surface area (Å²) in [5.41, 5.74) is 2.51. The Morgan fingerprint density at radius 2 is 1.65 bits per heavy atom. The lowest BCUT2D eigenvalue weighted by atomic mass is 10.2. The van der Waals surface area contributed by atoms with Crippen molar-refractivity contribution in [2.75, 3.05) is 0 Å². The number of imidazole rings is 1. The van der Waals surface area contributed by atoms with Crippen LogP contribution in [0.3, 0.4) is 0 Å². The molecule has 0 amide bonds. The van der Waals surface area contributed by atoms with E-state index in [1.165, 1.54) is 0 Å². The van der Waals surface area contributed by atoms with Crippen molar-refractivity contribution in [1.82, 2.24) is 15.0 Å². The van der Waals surface area contributed by atoms with Gasteiger partial charge in [-0.25, -0.2) is 9.97 Å². The van der Waals surface area contributed by atoms with Gasteiger partial charge in [0.1, 0.15) is 0 Å². The summed E-state index contributed by atoms with van der Waals surface area (Å²) in [6.45, 7) is 0. The molecule has 0 spiro atoms. The molecule has 20 heavy (non-hydrogen) atoms. The number of hydrogen-bond donors (Lipinski definition) is 1. The molecule has 0 saturated heterocycles. The van der Waals surface area contributed by atoms with Gasteiger partial charge < -0.3 is 4.98 Å². The van der Waals surface area contributed by atoms with Gasteiger partial charge in [0.2, 0.25) is 4.74 Å². The van der Waals surface area contributed by atoms with Crippen molar-refractivity contribution in [2.24, 2.45) is 0 Å². The number of aromatic nitrogens is 3. The quantitative estimate of drug-likeness (QED) is 0.582. The Morgan fingerprint density at radius 1 is 0.900 bits per heavy atom. The average molecular weight is 279 g/mol. The molecule has 4 nitrogen and oxygen atoms in total. The van der Waals surface area contributed by atoms with Crippen LogP contribution in [0.5, 0.6) is 0 Å². The zero-order valence-electron chi connectivity index (χ0n) is 10.3. The molecule has 4 rings (SSSR count). The van der Waals surface area contributed by atoms with Gasteiger partial charge >= 0.3 is 0 Å². The van der Waals surface area contributed by atoms with E-state index >= 15 is 0 Å². The standard InChI is InChI=1S/C15H9N3OS/c19-15-9-5-1-2-6-10(9)18-14(20-15)13-16-11-7-3-4-8-12(11)17-13/h1-8H,(H,16,17). The van der Waals surface area contributed by atoms with Crippen molar-refractivity contribution in [3.8, 4) is 10.8 Å². The Balaban J connectivity index is 1.99. The first-order valence-corrected chi connectivity index (χ1v) is 6.98. The SMILES string of the molecule is O=c1sc(-c2nc3ccccc3[nH]2)nc2ccccc12. The highest BCUT2D eigenvalue weighted by atomic mass is 32.1. The molecule has 0 aliphatic carbocycles. The number of aromatic amines is 1. The second-order valence-electron chi connectivity index (χ2n) is 4.43. The van der Waals surface area contributed by atoms with Crippen LogP contribution in [0.1, 0.15) is 0 Å². The molecule has 0 unspecified atom stereocenters. The van der Waals surface area contributed by atoms with Crippen molar-refractivity contribution >= 4 is 33.3 Å². The molecule has 1 N–H and O–H groups in total. The van der Waals surface area contributed by atoms with Crippen LogP contribution in [0.4, 0.5) is 0 Å². The predicted octanol–water partition coefficient (Wildman–Crippen LogP) is 3.20. The van der Waals surface area contributed by atoms with Crippen LogP contribution < -0.4 is 4.74 Å². The van der Waals surface area contributed by atoms with Gasteiger partial charge in [0, 0.05) is 0 Å². The Labute approximate surface area is 117 Å². The summed E-state index contributed by atoms with van der Waals surface area (Å²) in [7, 11) is 0. The zero-order chi connectivity index (χ0) is 13.5. The van der Waals surface area contributed by atoms with Crippen LogP contribution >= 0.6 is 11.3 Å². The van der Waals surface area contributed by atoms with E-state index in [2.05, 4.69) is 15.0 Å². The molecule has 0 atom stereocenters. The van der Waals surface area contributed by atoms with Crippen molar-refractivity contribution in [3.63, 3.8) is 0 Å². The minimum Gasteiger partial charge on any atom is -0.336 e. The fourth-order valence-electron chi connectivity index (χ4n) is 2.17. The Morgan fingerprint density at radius 3 is 2.50 bits per heavy atom. The number of nitrogens with zero attached hydrogens (tertiary/aromatic N) is 2. The van der Waals surface area contributed by atoms with Gasteiger partial charge in [-0.2, -0.15) is 0 Å². The van der Waals surface area contributed by atoms with E-state index in [0.29, 0.717) is 21.7 Å². The lowest BCUT2D eigenvalue weighted by molar-refractivity contribution is 1.30. The summed E-state index contributed by atoms with van der Waals surface area (Å²) in [6.07, 6.45) is 0. The third kappa shape index (κ3) is 1.71.